The number of hydrogen-bond donors (Lipinski definition) is 1. The molecule has 0 radical (unpaired) electrons. The van der Waals surface area contributed by atoms with E-state index in [1.165, 1.54) is 36.5 Å². The maximum atomic E-state index is 13.0. The van der Waals surface area contributed by atoms with Gasteiger partial charge in [0.2, 0.25) is 5.88 Å². The maximum absolute atomic E-state index is 13.0. The number of hydrogen-bond acceptors (Lipinski definition) is 5. The van der Waals surface area contributed by atoms with Crippen LogP contribution in [-0.2, 0) is 6.54 Å². The molecule has 0 unspecified atom stereocenters. The van der Waals surface area contributed by atoms with Gasteiger partial charge in [-0.15, -0.1) is 0 Å². The van der Waals surface area contributed by atoms with E-state index in [9.17, 15) is 19.3 Å². The molecule has 0 saturated carbocycles. The molecule has 0 bridgehead atoms. The molecule has 1 amide bonds. The molecule has 1 N–H and O–H groups in total. The van der Waals surface area contributed by atoms with Crippen molar-refractivity contribution < 1.29 is 18.8 Å². The van der Waals surface area contributed by atoms with Gasteiger partial charge in [0.15, 0.2) is 0 Å². The number of nitro groups is 1. The molecule has 7 nitrogen and oxygen atoms in total. The summed E-state index contributed by atoms with van der Waals surface area (Å²) in [6.45, 7) is 1.71. The van der Waals surface area contributed by atoms with Gasteiger partial charge in [0, 0.05) is 24.4 Å². The summed E-state index contributed by atoms with van der Waals surface area (Å²) in [4.78, 5) is 27.2. The highest BCUT2D eigenvalue weighted by atomic mass is 19.1. The molecule has 1 aromatic heterocycles. The number of carbonyl (C=O) groups excluding carboxylic acids is 1. The topological polar surface area (TPSA) is 94.4 Å². The van der Waals surface area contributed by atoms with E-state index >= 15 is 0 Å². The van der Waals surface area contributed by atoms with Crippen LogP contribution in [0.4, 0.5) is 10.1 Å². The van der Waals surface area contributed by atoms with E-state index in [1.54, 1.807) is 31.2 Å². The van der Waals surface area contributed by atoms with E-state index in [4.69, 9.17) is 4.74 Å². The van der Waals surface area contributed by atoms with Crippen molar-refractivity contribution in [2.75, 3.05) is 0 Å². The number of amides is 1. The standard InChI is InChI=1S/C20H16FN3O4/c1-13-3-2-4-17(19(13)24(26)27)20(25)23-12-14-9-10-22-18(11-14)28-16-7-5-15(21)6-8-16/h2-11H,12H2,1H3,(H,23,25). The Bertz CT molecular complexity index is 1020. The zero-order valence-corrected chi connectivity index (χ0v) is 14.9. The second-order valence-corrected chi connectivity index (χ2v) is 5.97. The monoisotopic (exact) mass is 381 g/mol. The molecule has 0 fully saturated rings. The van der Waals surface area contributed by atoms with Crippen LogP contribution in [0.1, 0.15) is 21.5 Å². The summed E-state index contributed by atoms with van der Waals surface area (Å²) in [7, 11) is 0. The molecule has 8 heteroatoms. The van der Waals surface area contributed by atoms with Gasteiger partial charge in [0.1, 0.15) is 17.1 Å². The van der Waals surface area contributed by atoms with E-state index in [0.29, 0.717) is 16.9 Å². The van der Waals surface area contributed by atoms with Gasteiger partial charge in [-0.25, -0.2) is 9.37 Å². The zero-order valence-electron chi connectivity index (χ0n) is 14.9. The van der Waals surface area contributed by atoms with Crippen molar-refractivity contribution in [3.63, 3.8) is 0 Å². The number of carbonyl (C=O) groups is 1. The molecule has 3 rings (SSSR count). The van der Waals surface area contributed by atoms with Crippen molar-refractivity contribution in [2.45, 2.75) is 13.5 Å². The number of nitrogens with zero attached hydrogens (tertiary/aromatic N) is 2. The highest BCUT2D eigenvalue weighted by molar-refractivity contribution is 5.98. The number of benzene rings is 2. The van der Waals surface area contributed by atoms with Gasteiger partial charge in [-0.1, -0.05) is 12.1 Å². The fraction of sp³-hybridized carbons (Fsp3) is 0.100. The SMILES string of the molecule is Cc1cccc(C(=O)NCc2ccnc(Oc3ccc(F)cc3)c2)c1[N+](=O)[O-]. The van der Waals surface area contributed by atoms with Crippen molar-refractivity contribution in [3.05, 3.63) is 93.4 Å². The number of ether oxygens (including phenoxy) is 1. The van der Waals surface area contributed by atoms with Crippen molar-refractivity contribution in [3.8, 4) is 11.6 Å². The summed E-state index contributed by atoms with van der Waals surface area (Å²) in [5, 5.41) is 13.9. The predicted molar refractivity (Wildman–Crippen MR) is 99.7 cm³/mol. The third-order valence-corrected chi connectivity index (χ3v) is 3.95. The summed E-state index contributed by atoms with van der Waals surface area (Å²) >= 11 is 0. The second kappa shape index (κ2) is 8.26. The Balaban J connectivity index is 1.70. The van der Waals surface area contributed by atoms with Crippen molar-refractivity contribution >= 4 is 11.6 Å². The maximum Gasteiger partial charge on any atom is 0.285 e. The first-order chi connectivity index (χ1) is 13.4. The summed E-state index contributed by atoms with van der Waals surface area (Å²) in [6.07, 6.45) is 1.51. The van der Waals surface area contributed by atoms with Crippen LogP contribution in [0.15, 0.2) is 60.8 Å². The van der Waals surface area contributed by atoms with Crippen LogP contribution in [-0.4, -0.2) is 15.8 Å². The van der Waals surface area contributed by atoms with Crippen LogP contribution in [0.3, 0.4) is 0 Å². The molecule has 3 aromatic rings. The van der Waals surface area contributed by atoms with Crippen LogP contribution in [0.2, 0.25) is 0 Å². The lowest BCUT2D eigenvalue weighted by Gasteiger charge is -2.09. The van der Waals surface area contributed by atoms with E-state index in [2.05, 4.69) is 10.3 Å². The van der Waals surface area contributed by atoms with Gasteiger partial charge in [-0.05, 0) is 48.9 Å². The molecular formula is C20H16FN3O4. The van der Waals surface area contributed by atoms with Gasteiger partial charge in [-0.3, -0.25) is 14.9 Å². The average Bonchev–Trinajstić information content (AvgIpc) is 2.68. The Morgan fingerprint density at radius 1 is 1.21 bits per heavy atom. The molecule has 0 aliphatic carbocycles. The van der Waals surface area contributed by atoms with Gasteiger partial charge >= 0.3 is 0 Å². The first-order valence-electron chi connectivity index (χ1n) is 8.34. The Labute approximate surface area is 160 Å². The fourth-order valence-corrected chi connectivity index (χ4v) is 2.60. The van der Waals surface area contributed by atoms with E-state index in [0.717, 1.165) is 0 Å². The molecule has 0 aliphatic rings. The van der Waals surface area contributed by atoms with E-state index in [1.807, 2.05) is 0 Å². The van der Waals surface area contributed by atoms with Gasteiger partial charge in [0.25, 0.3) is 11.6 Å². The Kier molecular flexibility index (Phi) is 5.59. The van der Waals surface area contributed by atoms with E-state index in [-0.39, 0.29) is 29.5 Å². The second-order valence-electron chi connectivity index (χ2n) is 5.97. The van der Waals surface area contributed by atoms with E-state index < -0.39 is 10.8 Å². The fourth-order valence-electron chi connectivity index (χ4n) is 2.60. The Morgan fingerprint density at radius 3 is 2.68 bits per heavy atom. The van der Waals surface area contributed by atoms with Crippen molar-refractivity contribution in [1.29, 1.82) is 0 Å². The van der Waals surface area contributed by atoms with Crippen molar-refractivity contribution in [1.82, 2.24) is 10.3 Å². The Hall–Kier alpha value is -3.81. The normalized spacial score (nSPS) is 10.4. The molecule has 0 saturated heterocycles. The Morgan fingerprint density at radius 2 is 1.96 bits per heavy atom. The predicted octanol–water partition coefficient (Wildman–Crippen LogP) is 4.16. The summed E-state index contributed by atoms with van der Waals surface area (Å²) in [6, 6.07) is 13.4. The highest BCUT2D eigenvalue weighted by Crippen LogP contribution is 2.23. The zero-order chi connectivity index (χ0) is 20.1. The molecule has 1 heterocycles. The third-order valence-electron chi connectivity index (χ3n) is 3.95. The van der Waals surface area contributed by atoms with Crippen LogP contribution >= 0.6 is 0 Å². The average molecular weight is 381 g/mol. The molecular weight excluding hydrogens is 365 g/mol. The molecule has 2 aromatic carbocycles. The lowest BCUT2D eigenvalue weighted by molar-refractivity contribution is -0.385. The quantitative estimate of drug-likeness (QED) is 0.511. The van der Waals surface area contributed by atoms with Crippen LogP contribution in [0.5, 0.6) is 11.6 Å². The number of rotatable bonds is 6. The number of pyridine rings is 1. The minimum absolute atomic E-state index is 0.00171. The number of halogens is 1. The molecule has 0 spiro atoms. The minimum atomic E-state index is -0.564. The number of aryl methyl sites for hydroxylation is 1. The van der Waals surface area contributed by atoms with Gasteiger partial charge in [0.05, 0.1) is 4.92 Å². The van der Waals surface area contributed by atoms with Gasteiger partial charge < -0.3 is 10.1 Å². The summed E-state index contributed by atoms with van der Waals surface area (Å²) in [5.74, 6) is -0.222. The number of aromatic nitrogens is 1. The number of nitrogens with one attached hydrogen (secondary N) is 1. The molecule has 0 atom stereocenters. The largest absolute Gasteiger partial charge is 0.439 e. The first-order valence-corrected chi connectivity index (χ1v) is 8.34. The third kappa shape index (κ3) is 4.47. The van der Waals surface area contributed by atoms with Crippen LogP contribution < -0.4 is 10.1 Å². The number of para-hydroxylation sites is 1. The molecule has 142 valence electrons. The number of nitro benzene ring substituents is 1. The highest BCUT2D eigenvalue weighted by Gasteiger charge is 2.22. The smallest absolute Gasteiger partial charge is 0.285 e. The van der Waals surface area contributed by atoms with Crippen LogP contribution in [0.25, 0.3) is 0 Å². The molecule has 28 heavy (non-hydrogen) atoms. The summed E-state index contributed by atoms with van der Waals surface area (Å²) in [5.41, 5.74) is 0.893. The van der Waals surface area contributed by atoms with Crippen molar-refractivity contribution in [2.24, 2.45) is 0 Å². The first kappa shape index (κ1) is 19.0. The minimum Gasteiger partial charge on any atom is -0.439 e. The lowest BCUT2D eigenvalue weighted by atomic mass is 10.1. The van der Waals surface area contributed by atoms with Gasteiger partial charge in [-0.2, -0.15) is 0 Å². The lowest BCUT2D eigenvalue weighted by Crippen LogP contribution is -2.24. The summed E-state index contributed by atoms with van der Waals surface area (Å²) < 4.78 is 18.5. The van der Waals surface area contributed by atoms with Crippen LogP contribution in [0, 0.1) is 22.9 Å². The molecule has 0 aliphatic heterocycles.